The molecule has 0 amide bonds. The average Bonchev–Trinajstić information content (AvgIpc) is 1.61. The largest absolute Gasteiger partial charge is 0.381 e. The molecule has 40 valence electrons. The first-order chi connectivity index (χ1) is 3.27. The van der Waals surface area contributed by atoms with Crippen molar-refractivity contribution in [3.8, 4) is 11.8 Å². The van der Waals surface area contributed by atoms with Crippen LogP contribution in [-0.4, -0.2) is 15.6 Å². The van der Waals surface area contributed by atoms with Crippen molar-refractivity contribution in [1.82, 2.24) is 0 Å². The van der Waals surface area contributed by atoms with E-state index in [0.29, 0.717) is 0 Å². The second kappa shape index (κ2) is 4.41. The van der Waals surface area contributed by atoms with Gasteiger partial charge >= 0.3 is 0 Å². The van der Waals surface area contributed by atoms with E-state index in [2.05, 4.69) is 34.4 Å². The van der Waals surface area contributed by atoms with Gasteiger partial charge in [0.05, 0.1) is 4.43 Å². The summed E-state index contributed by atoms with van der Waals surface area (Å²) in [6.45, 7) is 1.65. The monoisotopic (exact) mass is 210 g/mol. The van der Waals surface area contributed by atoms with Crippen molar-refractivity contribution in [1.29, 1.82) is 0 Å². The van der Waals surface area contributed by atoms with E-state index in [9.17, 15) is 0 Å². The lowest BCUT2D eigenvalue weighted by atomic mass is 10.4. The zero-order chi connectivity index (χ0) is 5.70. The third kappa shape index (κ3) is 6.25. The van der Waals surface area contributed by atoms with Gasteiger partial charge in [0.15, 0.2) is 0 Å². The molecule has 0 aromatic heterocycles. The molecule has 0 aliphatic heterocycles. The molecular formula is C5H7IO. The molecular weight excluding hydrogens is 203 g/mol. The fourth-order valence-corrected chi connectivity index (χ4v) is 0.406. The summed E-state index contributed by atoms with van der Waals surface area (Å²) in [4.78, 5) is 0. The maximum absolute atomic E-state index is 8.51. The molecule has 0 aliphatic carbocycles. The Bertz CT molecular complexity index is 88.0. The summed E-state index contributed by atoms with van der Waals surface area (Å²) in [5, 5.41) is 8.51. The topological polar surface area (TPSA) is 20.2 Å². The Morgan fingerprint density at radius 2 is 2.43 bits per heavy atom. The number of aliphatic hydroxyl groups is 1. The highest BCUT2D eigenvalue weighted by Crippen LogP contribution is 1.77. The molecule has 0 aliphatic rings. The molecule has 1 nitrogen and oxygen atoms in total. The minimum Gasteiger partial charge on any atom is -0.381 e. The van der Waals surface area contributed by atoms with Crippen LogP contribution < -0.4 is 0 Å². The fraction of sp³-hybridized carbons (Fsp3) is 0.600. The summed E-state index contributed by atoms with van der Waals surface area (Å²) >= 11 is 2.14. The van der Waals surface area contributed by atoms with Crippen LogP contribution in [0.3, 0.4) is 0 Å². The quantitative estimate of drug-likeness (QED) is 0.356. The summed E-state index contributed by atoms with van der Waals surface area (Å²) in [6, 6.07) is 0. The van der Waals surface area contributed by atoms with Crippen LogP contribution in [0.2, 0.25) is 0 Å². The van der Waals surface area contributed by atoms with Crippen LogP contribution in [0.4, 0.5) is 0 Å². The first kappa shape index (κ1) is 7.25. The highest BCUT2D eigenvalue weighted by Gasteiger charge is 1.78. The number of alkyl halides is 1. The number of hydrogen-bond donors (Lipinski definition) is 1. The molecule has 0 aromatic carbocycles. The minimum absolute atomic E-state index is 0.463. The minimum atomic E-state index is -0.463. The molecule has 0 aromatic rings. The van der Waals surface area contributed by atoms with Crippen molar-refractivity contribution < 1.29 is 5.11 Å². The van der Waals surface area contributed by atoms with Gasteiger partial charge in [0.25, 0.3) is 0 Å². The van der Waals surface area contributed by atoms with Crippen LogP contribution >= 0.6 is 22.6 Å². The molecule has 0 saturated carbocycles. The second-order valence-electron chi connectivity index (χ2n) is 1.13. The average molecular weight is 210 g/mol. The van der Waals surface area contributed by atoms with E-state index in [0.717, 1.165) is 4.43 Å². The van der Waals surface area contributed by atoms with Gasteiger partial charge in [0, 0.05) is 0 Å². The van der Waals surface area contributed by atoms with E-state index in [1.54, 1.807) is 6.92 Å². The first-order valence-corrected chi connectivity index (χ1v) is 3.52. The van der Waals surface area contributed by atoms with Crippen molar-refractivity contribution in [2.75, 3.05) is 4.43 Å². The first-order valence-electron chi connectivity index (χ1n) is 2.00. The van der Waals surface area contributed by atoms with Crippen molar-refractivity contribution in [2.45, 2.75) is 13.0 Å². The van der Waals surface area contributed by atoms with Crippen molar-refractivity contribution in [2.24, 2.45) is 0 Å². The van der Waals surface area contributed by atoms with Crippen LogP contribution in [0.25, 0.3) is 0 Å². The van der Waals surface area contributed by atoms with Gasteiger partial charge in [-0.3, -0.25) is 0 Å². The van der Waals surface area contributed by atoms with Crippen molar-refractivity contribution in [3.05, 3.63) is 0 Å². The van der Waals surface area contributed by atoms with Gasteiger partial charge in [0.2, 0.25) is 0 Å². The zero-order valence-corrected chi connectivity index (χ0v) is 6.27. The standard InChI is InChI=1S/C5H7IO/c1-5(7)3-2-4-6/h5,7H,4H2,1H3. The third-order valence-corrected chi connectivity index (χ3v) is 0.759. The van der Waals surface area contributed by atoms with Gasteiger partial charge in [-0.25, -0.2) is 0 Å². The molecule has 1 N–H and O–H groups in total. The Balaban J connectivity index is 3.24. The van der Waals surface area contributed by atoms with Crippen LogP contribution in [-0.2, 0) is 0 Å². The molecule has 0 spiro atoms. The molecule has 0 radical (unpaired) electrons. The fourth-order valence-electron chi connectivity index (χ4n) is 0.186. The SMILES string of the molecule is CC(O)C#CCI. The Hall–Kier alpha value is 0.250. The van der Waals surface area contributed by atoms with E-state index in [1.807, 2.05) is 0 Å². The van der Waals surface area contributed by atoms with Crippen LogP contribution in [0.1, 0.15) is 6.92 Å². The second-order valence-corrected chi connectivity index (χ2v) is 1.89. The smallest absolute Gasteiger partial charge is 0.112 e. The number of aliphatic hydroxyl groups excluding tert-OH is 1. The highest BCUT2D eigenvalue weighted by molar-refractivity contribution is 14.1. The van der Waals surface area contributed by atoms with Crippen LogP contribution in [0.5, 0.6) is 0 Å². The number of halogens is 1. The molecule has 0 saturated heterocycles. The number of hydrogen-bond acceptors (Lipinski definition) is 1. The van der Waals surface area contributed by atoms with E-state index in [4.69, 9.17) is 5.11 Å². The van der Waals surface area contributed by atoms with E-state index in [-0.39, 0.29) is 0 Å². The lowest BCUT2D eigenvalue weighted by Crippen LogP contribution is -1.92. The highest BCUT2D eigenvalue weighted by atomic mass is 127. The van der Waals surface area contributed by atoms with Crippen LogP contribution in [0.15, 0.2) is 0 Å². The summed E-state index contributed by atoms with van der Waals surface area (Å²) in [5.74, 6) is 5.33. The predicted molar refractivity (Wildman–Crippen MR) is 38.3 cm³/mol. The normalized spacial score (nSPS) is 11.9. The van der Waals surface area contributed by atoms with Crippen molar-refractivity contribution in [3.63, 3.8) is 0 Å². The summed E-state index contributed by atoms with van der Waals surface area (Å²) in [5.41, 5.74) is 0. The summed E-state index contributed by atoms with van der Waals surface area (Å²) in [6.07, 6.45) is -0.463. The maximum atomic E-state index is 8.51. The van der Waals surface area contributed by atoms with Gasteiger partial charge in [-0.05, 0) is 6.92 Å². The zero-order valence-electron chi connectivity index (χ0n) is 4.11. The Labute approximate surface area is 57.3 Å². The Morgan fingerprint density at radius 1 is 1.86 bits per heavy atom. The lowest BCUT2D eigenvalue weighted by molar-refractivity contribution is 0.253. The predicted octanol–water partition coefficient (Wildman–Crippen LogP) is 0.806. The molecule has 0 rings (SSSR count). The van der Waals surface area contributed by atoms with E-state index >= 15 is 0 Å². The van der Waals surface area contributed by atoms with Gasteiger partial charge in [-0.2, -0.15) is 0 Å². The van der Waals surface area contributed by atoms with Gasteiger partial charge < -0.3 is 5.11 Å². The van der Waals surface area contributed by atoms with E-state index in [1.165, 1.54) is 0 Å². The maximum Gasteiger partial charge on any atom is 0.112 e. The molecule has 1 atom stereocenters. The Morgan fingerprint density at radius 3 is 2.57 bits per heavy atom. The Kier molecular flexibility index (Phi) is 4.57. The van der Waals surface area contributed by atoms with Gasteiger partial charge in [-0.15, -0.1) is 0 Å². The third-order valence-electron chi connectivity index (χ3n) is 0.378. The molecule has 0 fully saturated rings. The number of rotatable bonds is 0. The van der Waals surface area contributed by atoms with Gasteiger partial charge in [-0.1, -0.05) is 34.4 Å². The summed E-state index contributed by atoms with van der Waals surface area (Å²) in [7, 11) is 0. The van der Waals surface area contributed by atoms with E-state index < -0.39 is 6.10 Å². The molecule has 1 unspecified atom stereocenters. The molecule has 0 bridgehead atoms. The van der Waals surface area contributed by atoms with Crippen molar-refractivity contribution >= 4 is 22.6 Å². The molecule has 2 heteroatoms. The lowest BCUT2D eigenvalue weighted by Gasteiger charge is -1.83. The molecule has 7 heavy (non-hydrogen) atoms. The van der Waals surface area contributed by atoms with Gasteiger partial charge in [0.1, 0.15) is 6.10 Å². The van der Waals surface area contributed by atoms with Crippen LogP contribution in [0, 0.1) is 11.8 Å². The molecule has 0 heterocycles. The summed E-state index contributed by atoms with van der Waals surface area (Å²) < 4.78 is 0.794.